The van der Waals surface area contributed by atoms with Crippen molar-refractivity contribution in [2.45, 2.75) is 12.6 Å². The highest BCUT2D eigenvalue weighted by molar-refractivity contribution is 5.85. The van der Waals surface area contributed by atoms with E-state index >= 15 is 0 Å². The highest BCUT2D eigenvalue weighted by atomic mass is 35.5. The highest BCUT2D eigenvalue weighted by Gasteiger charge is 2.26. The zero-order valence-corrected chi connectivity index (χ0v) is 17.3. The molecule has 0 aromatic heterocycles. The molecule has 28 heavy (non-hydrogen) atoms. The first-order valence-corrected chi connectivity index (χ1v) is 8.72. The monoisotopic (exact) mass is 429 g/mol. The lowest BCUT2D eigenvalue weighted by atomic mass is 10.1. The average Bonchev–Trinajstić information content (AvgIpc) is 2.68. The number of piperazine rings is 1. The molecule has 1 atom stereocenters. The number of hydrogen-bond acceptors (Lipinski definition) is 4. The molecule has 0 saturated carbocycles. The lowest BCUT2D eigenvalue weighted by Gasteiger charge is -2.36. The zero-order chi connectivity index (χ0) is 18.5. The molecule has 0 aliphatic carbocycles. The Morgan fingerprint density at radius 2 is 1.75 bits per heavy atom. The van der Waals surface area contributed by atoms with E-state index in [0.717, 1.165) is 24.2 Å². The Labute approximate surface area is 177 Å². The van der Waals surface area contributed by atoms with Gasteiger partial charge in [0.1, 0.15) is 6.04 Å². The molecule has 0 spiro atoms. The third-order valence-corrected chi connectivity index (χ3v) is 4.73. The molecule has 5 nitrogen and oxygen atoms in total. The lowest BCUT2D eigenvalue weighted by Crippen LogP contribution is -2.50. The fourth-order valence-electron chi connectivity index (χ4n) is 3.19. The molecular weight excluding hydrogens is 404 g/mol. The van der Waals surface area contributed by atoms with E-state index in [1.54, 1.807) is 6.07 Å². The summed E-state index contributed by atoms with van der Waals surface area (Å²) in [7, 11) is 1.45. The Bertz CT molecular complexity index is 756. The molecule has 2 N–H and O–H groups in total. The molecule has 1 saturated heterocycles. The Morgan fingerprint density at radius 3 is 2.32 bits per heavy atom. The van der Waals surface area contributed by atoms with Gasteiger partial charge in [0, 0.05) is 32.7 Å². The summed E-state index contributed by atoms with van der Waals surface area (Å²) >= 11 is 0. The summed E-state index contributed by atoms with van der Waals surface area (Å²) in [4.78, 5) is 16.6. The van der Waals surface area contributed by atoms with E-state index in [9.17, 15) is 9.18 Å². The minimum Gasteiger partial charge on any atom is -0.494 e. The number of rotatable bonds is 5. The van der Waals surface area contributed by atoms with Gasteiger partial charge >= 0.3 is 0 Å². The van der Waals surface area contributed by atoms with Gasteiger partial charge in [-0.25, -0.2) is 4.39 Å². The quantitative estimate of drug-likeness (QED) is 0.793. The molecule has 0 bridgehead atoms. The summed E-state index contributed by atoms with van der Waals surface area (Å²) < 4.78 is 18.8. The number of methoxy groups -OCH3 is 1. The lowest BCUT2D eigenvalue weighted by molar-refractivity contribution is -0.134. The summed E-state index contributed by atoms with van der Waals surface area (Å²) in [6, 6.07) is 13.8. The molecule has 154 valence electrons. The largest absolute Gasteiger partial charge is 0.494 e. The highest BCUT2D eigenvalue weighted by Crippen LogP contribution is 2.20. The standard InChI is InChI=1S/C20H24FN3O2.2ClH/c1-26-18-8-7-15(13-17(18)21)14-23-9-11-24(12-10-23)20(25)19(22)16-5-3-2-4-6-16;;/h2-8,13,19H,9-12,14,22H2,1H3;2*1H. The summed E-state index contributed by atoms with van der Waals surface area (Å²) in [5, 5.41) is 0. The molecule has 1 amide bonds. The van der Waals surface area contributed by atoms with Crippen LogP contribution in [0.15, 0.2) is 48.5 Å². The van der Waals surface area contributed by atoms with Crippen molar-refractivity contribution in [2.24, 2.45) is 5.73 Å². The second kappa shape index (κ2) is 11.2. The maximum absolute atomic E-state index is 13.8. The normalized spacial score (nSPS) is 15.2. The van der Waals surface area contributed by atoms with Gasteiger partial charge in [-0.3, -0.25) is 9.69 Å². The Hall–Kier alpha value is -1.86. The second-order valence-corrected chi connectivity index (χ2v) is 6.46. The SMILES string of the molecule is COc1ccc(CN2CCN(C(=O)C(N)c3ccccc3)CC2)cc1F.Cl.Cl. The minimum absolute atomic E-state index is 0. The summed E-state index contributed by atoms with van der Waals surface area (Å²) in [6.45, 7) is 3.37. The van der Waals surface area contributed by atoms with Gasteiger partial charge in [0.15, 0.2) is 11.6 Å². The molecule has 1 unspecified atom stereocenters. The van der Waals surface area contributed by atoms with Crippen molar-refractivity contribution in [1.29, 1.82) is 0 Å². The predicted octanol–water partition coefficient (Wildman–Crippen LogP) is 3.02. The van der Waals surface area contributed by atoms with Gasteiger partial charge in [-0.15, -0.1) is 24.8 Å². The molecule has 2 aromatic rings. The number of nitrogens with two attached hydrogens (primary N) is 1. The summed E-state index contributed by atoms with van der Waals surface area (Å²) in [5.74, 6) is -0.155. The Kier molecular flexibility index (Phi) is 9.69. The number of hydrogen-bond donors (Lipinski definition) is 1. The van der Waals surface area contributed by atoms with Gasteiger partial charge in [0.2, 0.25) is 5.91 Å². The zero-order valence-electron chi connectivity index (χ0n) is 15.7. The van der Waals surface area contributed by atoms with E-state index in [1.165, 1.54) is 13.2 Å². The van der Waals surface area contributed by atoms with Crippen molar-refractivity contribution in [3.05, 3.63) is 65.5 Å². The molecule has 3 rings (SSSR count). The van der Waals surface area contributed by atoms with E-state index in [-0.39, 0.29) is 42.3 Å². The van der Waals surface area contributed by atoms with Crippen LogP contribution in [0.2, 0.25) is 0 Å². The smallest absolute Gasteiger partial charge is 0.244 e. The van der Waals surface area contributed by atoms with Crippen molar-refractivity contribution in [1.82, 2.24) is 9.80 Å². The predicted molar refractivity (Wildman–Crippen MR) is 113 cm³/mol. The first-order valence-electron chi connectivity index (χ1n) is 8.72. The number of amides is 1. The number of halogens is 3. The van der Waals surface area contributed by atoms with Crippen LogP contribution >= 0.6 is 24.8 Å². The molecule has 1 aliphatic heterocycles. The van der Waals surface area contributed by atoms with E-state index in [0.29, 0.717) is 19.6 Å². The first kappa shape index (κ1) is 24.2. The van der Waals surface area contributed by atoms with Crippen LogP contribution in [0.5, 0.6) is 5.75 Å². The van der Waals surface area contributed by atoms with Crippen LogP contribution in [0.25, 0.3) is 0 Å². The van der Waals surface area contributed by atoms with Crippen molar-refractivity contribution in [3.63, 3.8) is 0 Å². The minimum atomic E-state index is -0.626. The van der Waals surface area contributed by atoms with Crippen LogP contribution in [0.4, 0.5) is 4.39 Å². The number of nitrogens with zero attached hydrogens (tertiary/aromatic N) is 2. The Balaban J connectivity index is 0.00000196. The van der Waals surface area contributed by atoms with Gasteiger partial charge in [-0.1, -0.05) is 36.4 Å². The molecule has 1 fully saturated rings. The topological polar surface area (TPSA) is 58.8 Å². The van der Waals surface area contributed by atoms with Crippen molar-refractivity contribution in [2.75, 3.05) is 33.3 Å². The average molecular weight is 430 g/mol. The van der Waals surface area contributed by atoms with Crippen LogP contribution in [-0.4, -0.2) is 49.0 Å². The summed E-state index contributed by atoms with van der Waals surface area (Å²) in [6.07, 6.45) is 0. The second-order valence-electron chi connectivity index (χ2n) is 6.46. The van der Waals surface area contributed by atoms with Crippen LogP contribution in [0.1, 0.15) is 17.2 Å². The third kappa shape index (κ3) is 5.82. The van der Waals surface area contributed by atoms with E-state index in [4.69, 9.17) is 10.5 Å². The van der Waals surface area contributed by atoms with Crippen molar-refractivity contribution >= 4 is 30.7 Å². The number of ether oxygens (including phenoxy) is 1. The maximum Gasteiger partial charge on any atom is 0.244 e. The number of carbonyl (C=O) groups is 1. The number of benzene rings is 2. The number of carbonyl (C=O) groups excluding carboxylic acids is 1. The van der Waals surface area contributed by atoms with Crippen LogP contribution in [0.3, 0.4) is 0 Å². The van der Waals surface area contributed by atoms with Gasteiger partial charge in [0.25, 0.3) is 0 Å². The van der Waals surface area contributed by atoms with Gasteiger partial charge in [-0.05, 0) is 23.3 Å². The summed E-state index contributed by atoms with van der Waals surface area (Å²) in [5.41, 5.74) is 7.83. The van der Waals surface area contributed by atoms with E-state index < -0.39 is 6.04 Å². The van der Waals surface area contributed by atoms with Crippen LogP contribution in [-0.2, 0) is 11.3 Å². The fraction of sp³-hybridized carbons (Fsp3) is 0.350. The van der Waals surface area contributed by atoms with E-state index in [2.05, 4.69) is 4.90 Å². The molecule has 0 radical (unpaired) electrons. The van der Waals surface area contributed by atoms with Gasteiger partial charge in [-0.2, -0.15) is 0 Å². The molecule has 1 heterocycles. The van der Waals surface area contributed by atoms with Crippen LogP contribution in [0, 0.1) is 5.82 Å². The van der Waals surface area contributed by atoms with Crippen LogP contribution < -0.4 is 10.5 Å². The van der Waals surface area contributed by atoms with Gasteiger partial charge in [0.05, 0.1) is 7.11 Å². The molecule has 1 aliphatic rings. The molecule has 8 heteroatoms. The molecule has 2 aromatic carbocycles. The maximum atomic E-state index is 13.8. The molecular formula is C20H26Cl2FN3O2. The van der Waals surface area contributed by atoms with Gasteiger partial charge < -0.3 is 15.4 Å². The van der Waals surface area contributed by atoms with Crippen molar-refractivity contribution in [3.8, 4) is 5.75 Å². The van der Waals surface area contributed by atoms with E-state index in [1.807, 2.05) is 41.3 Å². The first-order chi connectivity index (χ1) is 12.6. The Morgan fingerprint density at radius 1 is 1.11 bits per heavy atom. The third-order valence-electron chi connectivity index (χ3n) is 4.73. The fourth-order valence-corrected chi connectivity index (χ4v) is 3.19. The van der Waals surface area contributed by atoms with Crippen molar-refractivity contribution < 1.29 is 13.9 Å².